The summed E-state index contributed by atoms with van der Waals surface area (Å²) in [4.78, 5) is 12.4. The number of aromatic nitrogens is 2. The van der Waals surface area contributed by atoms with Gasteiger partial charge in [-0.2, -0.15) is 16.9 Å². The molecule has 112 valence electrons. The molecule has 20 heavy (non-hydrogen) atoms. The number of thioether (sulfide) groups is 1. The summed E-state index contributed by atoms with van der Waals surface area (Å²) in [5.41, 5.74) is 7.72. The van der Waals surface area contributed by atoms with Crippen LogP contribution in [0, 0.1) is 6.92 Å². The lowest BCUT2D eigenvalue weighted by Crippen LogP contribution is -2.39. The van der Waals surface area contributed by atoms with Crippen LogP contribution in [0.1, 0.15) is 48.8 Å². The molecule has 1 aliphatic rings. The first-order valence-electron chi connectivity index (χ1n) is 7.23. The van der Waals surface area contributed by atoms with Gasteiger partial charge in [0.05, 0.1) is 11.4 Å². The van der Waals surface area contributed by atoms with Gasteiger partial charge in [0, 0.05) is 17.8 Å². The smallest absolute Gasteiger partial charge is 0.271 e. The second-order valence-electron chi connectivity index (χ2n) is 5.35. The average molecular weight is 296 g/mol. The van der Waals surface area contributed by atoms with Crippen LogP contribution < -0.4 is 11.1 Å². The molecule has 0 radical (unpaired) electrons. The van der Waals surface area contributed by atoms with Gasteiger partial charge in [-0.3, -0.25) is 9.48 Å². The molecule has 0 atom stereocenters. The molecule has 1 amide bonds. The molecule has 1 saturated carbocycles. The molecule has 0 unspecified atom stereocenters. The van der Waals surface area contributed by atoms with Crippen LogP contribution in [0.15, 0.2) is 0 Å². The van der Waals surface area contributed by atoms with Gasteiger partial charge in [-0.1, -0.05) is 0 Å². The van der Waals surface area contributed by atoms with E-state index in [1.165, 1.54) is 12.8 Å². The summed E-state index contributed by atoms with van der Waals surface area (Å²) in [6, 6.07) is 0.269. The molecular weight excluding hydrogens is 272 g/mol. The summed E-state index contributed by atoms with van der Waals surface area (Å²) < 4.78 is 1.69. The number of nitrogens with two attached hydrogens (primary N) is 1. The molecule has 0 spiro atoms. The molecule has 1 aromatic heterocycles. The van der Waals surface area contributed by atoms with Gasteiger partial charge in [0.1, 0.15) is 5.69 Å². The normalized spacial score (nSPS) is 22.8. The monoisotopic (exact) mass is 296 g/mol. The van der Waals surface area contributed by atoms with Gasteiger partial charge in [0.25, 0.3) is 5.91 Å². The first-order valence-corrected chi connectivity index (χ1v) is 8.52. The second kappa shape index (κ2) is 6.52. The SMILES string of the molecule is CCn1nc(C)c(N)c1C(=O)NC1CCC(SC)CC1. The third-order valence-corrected chi connectivity index (χ3v) is 5.17. The highest BCUT2D eigenvalue weighted by molar-refractivity contribution is 7.99. The van der Waals surface area contributed by atoms with Crippen LogP contribution in [0.25, 0.3) is 0 Å². The van der Waals surface area contributed by atoms with Crippen molar-refractivity contribution in [3.63, 3.8) is 0 Å². The van der Waals surface area contributed by atoms with Crippen LogP contribution in [0.5, 0.6) is 0 Å². The molecule has 0 aliphatic heterocycles. The molecule has 0 aromatic carbocycles. The van der Waals surface area contributed by atoms with Crippen molar-refractivity contribution >= 4 is 23.4 Å². The summed E-state index contributed by atoms with van der Waals surface area (Å²) in [6.45, 7) is 4.45. The summed E-state index contributed by atoms with van der Waals surface area (Å²) in [6.07, 6.45) is 6.61. The van der Waals surface area contributed by atoms with Gasteiger partial charge in [0.2, 0.25) is 0 Å². The van der Waals surface area contributed by atoms with Gasteiger partial charge >= 0.3 is 0 Å². The lowest BCUT2D eigenvalue weighted by molar-refractivity contribution is 0.0918. The number of carbonyl (C=O) groups excluding carboxylic acids is 1. The largest absolute Gasteiger partial charge is 0.395 e. The zero-order chi connectivity index (χ0) is 14.7. The standard InChI is InChI=1S/C14H24N4OS/c1-4-18-13(12(15)9(2)17-18)14(19)16-10-5-7-11(20-3)8-6-10/h10-11H,4-8,15H2,1-3H3,(H,16,19). The molecule has 5 nitrogen and oxygen atoms in total. The van der Waals surface area contributed by atoms with E-state index in [0.717, 1.165) is 23.8 Å². The first kappa shape index (κ1) is 15.2. The Labute approximate surface area is 124 Å². The van der Waals surface area contributed by atoms with E-state index < -0.39 is 0 Å². The van der Waals surface area contributed by atoms with Crippen LogP contribution in [0.3, 0.4) is 0 Å². The van der Waals surface area contributed by atoms with E-state index in [1.807, 2.05) is 25.6 Å². The Morgan fingerprint density at radius 3 is 2.65 bits per heavy atom. The highest BCUT2D eigenvalue weighted by Crippen LogP contribution is 2.27. The predicted octanol–water partition coefficient (Wildman–Crippen LogP) is 2.20. The molecule has 2 rings (SSSR count). The van der Waals surface area contributed by atoms with E-state index in [9.17, 15) is 4.79 Å². The minimum absolute atomic E-state index is 0.0856. The molecular formula is C14H24N4OS. The van der Waals surface area contributed by atoms with Crippen LogP contribution >= 0.6 is 11.8 Å². The van der Waals surface area contributed by atoms with Crippen molar-refractivity contribution < 1.29 is 4.79 Å². The van der Waals surface area contributed by atoms with E-state index >= 15 is 0 Å². The van der Waals surface area contributed by atoms with Crippen molar-refractivity contribution in [2.45, 2.75) is 57.4 Å². The lowest BCUT2D eigenvalue weighted by Gasteiger charge is -2.28. The number of amides is 1. The Balaban J connectivity index is 2.02. The van der Waals surface area contributed by atoms with Crippen LogP contribution in [0.4, 0.5) is 5.69 Å². The number of hydrogen-bond acceptors (Lipinski definition) is 4. The molecule has 1 aliphatic carbocycles. The molecule has 0 bridgehead atoms. The van der Waals surface area contributed by atoms with Crippen molar-refractivity contribution in [2.75, 3.05) is 12.0 Å². The minimum atomic E-state index is -0.0856. The number of nitrogen functional groups attached to an aromatic ring is 1. The van der Waals surface area contributed by atoms with E-state index in [4.69, 9.17) is 5.73 Å². The third-order valence-electron chi connectivity index (χ3n) is 4.03. The quantitative estimate of drug-likeness (QED) is 0.893. The van der Waals surface area contributed by atoms with Crippen molar-refractivity contribution in [3.05, 3.63) is 11.4 Å². The fourth-order valence-corrected chi connectivity index (χ4v) is 3.50. The number of nitrogens with one attached hydrogen (secondary N) is 1. The molecule has 0 saturated heterocycles. The second-order valence-corrected chi connectivity index (χ2v) is 6.48. The number of nitrogens with zero attached hydrogens (tertiary/aromatic N) is 2. The van der Waals surface area contributed by atoms with Crippen LogP contribution in [-0.4, -0.2) is 33.2 Å². The Morgan fingerprint density at radius 1 is 1.45 bits per heavy atom. The number of rotatable bonds is 4. The van der Waals surface area contributed by atoms with Crippen LogP contribution in [-0.2, 0) is 6.54 Å². The van der Waals surface area contributed by atoms with Gasteiger partial charge in [-0.15, -0.1) is 0 Å². The zero-order valence-electron chi connectivity index (χ0n) is 12.5. The fraction of sp³-hybridized carbons (Fsp3) is 0.714. The van der Waals surface area contributed by atoms with Gasteiger partial charge in [0.15, 0.2) is 0 Å². The lowest BCUT2D eigenvalue weighted by atomic mass is 9.95. The molecule has 1 heterocycles. The minimum Gasteiger partial charge on any atom is -0.395 e. The predicted molar refractivity (Wildman–Crippen MR) is 84.1 cm³/mol. The Morgan fingerprint density at radius 2 is 2.10 bits per heavy atom. The van der Waals surface area contributed by atoms with Gasteiger partial charge in [-0.25, -0.2) is 0 Å². The van der Waals surface area contributed by atoms with Crippen molar-refractivity contribution in [1.29, 1.82) is 0 Å². The average Bonchev–Trinajstić information content (AvgIpc) is 2.75. The number of aryl methyl sites for hydroxylation is 2. The summed E-state index contributed by atoms with van der Waals surface area (Å²) in [5.74, 6) is -0.0856. The Bertz CT molecular complexity index is 478. The molecule has 1 fully saturated rings. The maximum absolute atomic E-state index is 12.4. The Hall–Kier alpha value is -1.17. The maximum atomic E-state index is 12.4. The molecule has 6 heteroatoms. The van der Waals surface area contributed by atoms with E-state index in [2.05, 4.69) is 16.7 Å². The Kier molecular flexibility index (Phi) is 4.96. The molecule has 3 N–H and O–H groups in total. The number of anilines is 1. The number of hydrogen-bond donors (Lipinski definition) is 2. The summed E-state index contributed by atoms with van der Waals surface area (Å²) in [7, 11) is 0. The van der Waals surface area contributed by atoms with Gasteiger partial charge < -0.3 is 11.1 Å². The summed E-state index contributed by atoms with van der Waals surface area (Å²) >= 11 is 1.93. The summed E-state index contributed by atoms with van der Waals surface area (Å²) in [5, 5.41) is 8.16. The van der Waals surface area contributed by atoms with Crippen molar-refractivity contribution in [1.82, 2.24) is 15.1 Å². The fourth-order valence-electron chi connectivity index (χ4n) is 2.76. The molecule has 1 aromatic rings. The van der Waals surface area contributed by atoms with Crippen molar-refractivity contribution in [2.24, 2.45) is 0 Å². The van der Waals surface area contributed by atoms with E-state index in [-0.39, 0.29) is 11.9 Å². The van der Waals surface area contributed by atoms with E-state index in [1.54, 1.807) is 4.68 Å². The highest BCUT2D eigenvalue weighted by atomic mass is 32.2. The first-order chi connectivity index (χ1) is 9.56. The number of carbonyl (C=O) groups is 1. The van der Waals surface area contributed by atoms with Gasteiger partial charge in [-0.05, 0) is 45.8 Å². The van der Waals surface area contributed by atoms with Crippen molar-refractivity contribution in [3.8, 4) is 0 Å². The zero-order valence-corrected chi connectivity index (χ0v) is 13.3. The highest BCUT2D eigenvalue weighted by Gasteiger charge is 2.25. The maximum Gasteiger partial charge on any atom is 0.271 e. The van der Waals surface area contributed by atoms with Crippen LogP contribution in [0.2, 0.25) is 0 Å². The van der Waals surface area contributed by atoms with E-state index in [0.29, 0.717) is 17.9 Å². The topological polar surface area (TPSA) is 72.9 Å². The third kappa shape index (κ3) is 3.11.